The Bertz CT molecular complexity index is 1010. The number of benzene rings is 1. The topological polar surface area (TPSA) is 3.88 Å². The summed E-state index contributed by atoms with van der Waals surface area (Å²) in [6.07, 6.45) is 0. The van der Waals surface area contributed by atoms with Gasteiger partial charge in [0, 0.05) is 22.8 Å². The zero-order chi connectivity index (χ0) is 18.8. The van der Waals surface area contributed by atoms with Crippen LogP contribution in [0.5, 0.6) is 0 Å². The van der Waals surface area contributed by atoms with E-state index in [9.17, 15) is 0 Å². The third-order valence-electron chi connectivity index (χ3n) is 6.63. The minimum absolute atomic E-state index is 1.36. The number of aromatic nitrogens is 1. The molecule has 0 bridgehead atoms. The van der Waals surface area contributed by atoms with Crippen molar-refractivity contribution in [3.05, 3.63) is 50.2 Å². The van der Waals surface area contributed by atoms with E-state index in [1.54, 1.807) is 0 Å². The fourth-order valence-electron chi connectivity index (χ4n) is 4.10. The Labute approximate surface area is 156 Å². The van der Waals surface area contributed by atoms with Crippen molar-refractivity contribution < 1.29 is 4.57 Å². The maximum Gasteiger partial charge on any atom is 0.226 e. The molecule has 0 saturated carbocycles. The lowest BCUT2D eigenvalue weighted by Gasteiger charge is -2.12. The summed E-state index contributed by atoms with van der Waals surface area (Å²) in [6.45, 7) is 20.4. The van der Waals surface area contributed by atoms with Crippen molar-refractivity contribution in [3.63, 3.8) is 0 Å². The van der Waals surface area contributed by atoms with Crippen LogP contribution in [0.4, 0.5) is 0 Å². The van der Waals surface area contributed by atoms with Gasteiger partial charge in [0.2, 0.25) is 5.69 Å². The van der Waals surface area contributed by atoms with Crippen LogP contribution in [0.1, 0.15) is 50.2 Å². The number of fused-ring (bicyclic) bond motifs is 1. The first-order chi connectivity index (χ1) is 11.6. The number of aryl methyl sites for hydroxylation is 3. The van der Waals surface area contributed by atoms with E-state index >= 15 is 0 Å². The van der Waals surface area contributed by atoms with Gasteiger partial charge in [-0.25, -0.2) is 0 Å². The van der Waals surface area contributed by atoms with Crippen LogP contribution in [-0.4, -0.2) is 0 Å². The highest BCUT2D eigenvalue weighted by molar-refractivity contribution is 7.22. The van der Waals surface area contributed by atoms with E-state index in [0.717, 1.165) is 0 Å². The molecule has 25 heavy (non-hydrogen) atoms. The number of rotatable bonds is 1. The first-order valence-electron chi connectivity index (χ1n) is 9.05. The highest BCUT2D eigenvalue weighted by Crippen LogP contribution is 2.43. The zero-order valence-electron chi connectivity index (χ0n) is 17.4. The molecule has 0 fully saturated rings. The molecular weight excluding hydrogens is 322 g/mol. The minimum atomic E-state index is 1.36. The Balaban J connectivity index is 2.50. The standard InChI is InChI=1S/C23H30NS/c1-11-12(2)17(7)22-20(15(11)5)18(8)23(25-22)21-16(6)13(3)14(4)19(9)24(21)10/h1-10H3/q+1. The molecule has 3 rings (SSSR count). The van der Waals surface area contributed by atoms with Crippen molar-refractivity contribution >= 4 is 21.4 Å². The number of nitrogens with zero attached hydrogens (tertiary/aromatic N) is 1. The summed E-state index contributed by atoms with van der Waals surface area (Å²) in [7, 11) is 2.21. The largest absolute Gasteiger partial charge is 0.226 e. The molecule has 0 saturated heterocycles. The molecule has 1 nitrogen and oxygen atoms in total. The van der Waals surface area contributed by atoms with E-state index in [4.69, 9.17) is 0 Å². The summed E-state index contributed by atoms with van der Waals surface area (Å²) in [5.74, 6) is 0. The van der Waals surface area contributed by atoms with Crippen LogP contribution in [0.25, 0.3) is 20.7 Å². The van der Waals surface area contributed by atoms with Crippen molar-refractivity contribution in [1.82, 2.24) is 0 Å². The van der Waals surface area contributed by atoms with Crippen molar-refractivity contribution in [2.24, 2.45) is 7.05 Å². The van der Waals surface area contributed by atoms with Gasteiger partial charge >= 0.3 is 0 Å². The van der Waals surface area contributed by atoms with Crippen molar-refractivity contribution in [2.75, 3.05) is 0 Å². The maximum atomic E-state index is 2.39. The van der Waals surface area contributed by atoms with Gasteiger partial charge in [0.25, 0.3) is 0 Å². The third-order valence-corrected chi connectivity index (χ3v) is 8.04. The molecule has 0 spiro atoms. The Morgan fingerprint density at radius 2 is 1.08 bits per heavy atom. The van der Waals surface area contributed by atoms with Gasteiger partial charge in [-0.1, -0.05) is 0 Å². The Morgan fingerprint density at radius 3 is 1.68 bits per heavy atom. The second-order valence-electron chi connectivity index (χ2n) is 7.63. The Morgan fingerprint density at radius 1 is 0.560 bits per heavy atom. The smallest absolute Gasteiger partial charge is 0.197 e. The van der Waals surface area contributed by atoms with E-state index in [-0.39, 0.29) is 0 Å². The maximum absolute atomic E-state index is 2.39. The zero-order valence-corrected chi connectivity index (χ0v) is 18.2. The van der Waals surface area contributed by atoms with Crippen LogP contribution in [0.2, 0.25) is 0 Å². The summed E-state index contributed by atoms with van der Waals surface area (Å²) in [6, 6.07) is 0. The highest BCUT2D eigenvalue weighted by atomic mass is 32.1. The number of pyridine rings is 1. The molecule has 0 N–H and O–H groups in total. The van der Waals surface area contributed by atoms with Gasteiger partial charge < -0.3 is 0 Å². The van der Waals surface area contributed by atoms with Crippen molar-refractivity contribution in [1.29, 1.82) is 0 Å². The summed E-state index contributed by atoms with van der Waals surface area (Å²) in [5, 5.41) is 1.47. The van der Waals surface area contributed by atoms with Crippen molar-refractivity contribution in [2.45, 2.75) is 62.3 Å². The van der Waals surface area contributed by atoms with Crippen LogP contribution < -0.4 is 4.57 Å². The van der Waals surface area contributed by atoms with Gasteiger partial charge in [0.05, 0.1) is 0 Å². The summed E-state index contributed by atoms with van der Waals surface area (Å²) in [5.41, 5.74) is 14.2. The Kier molecular flexibility index (Phi) is 4.31. The van der Waals surface area contributed by atoms with Gasteiger partial charge in [0.1, 0.15) is 11.9 Å². The molecule has 0 unspecified atom stereocenters. The molecule has 132 valence electrons. The number of hydrogen-bond acceptors (Lipinski definition) is 1. The molecule has 0 aliphatic rings. The van der Waals surface area contributed by atoms with Crippen molar-refractivity contribution in [3.8, 4) is 10.6 Å². The van der Waals surface area contributed by atoms with Gasteiger partial charge in [-0.05, 0) is 94.2 Å². The fourth-order valence-corrected chi connectivity index (χ4v) is 5.66. The van der Waals surface area contributed by atoms with Crippen LogP contribution >= 0.6 is 11.3 Å². The SMILES string of the molecule is Cc1c(C)c(C)[n+](C)c(-c2sc3c(C)c(C)c(C)c(C)c3c2C)c1C. The summed E-state index contributed by atoms with van der Waals surface area (Å²) >= 11 is 1.97. The van der Waals surface area contributed by atoms with Gasteiger partial charge in [-0.2, -0.15) is 4.57 Å². The molecule has 2 heterocycles. The minimum Gasteiger partial charge on any atom is -0.197 e. The first kappa shape index (κ1) is 18.1. The average Bonchev–Trinajstić information content (AvgIpc) is 2.92. The predicted octanol–water partition coefficient (Wildman–Crippen LogP) is 6.17. The second-order valence-corrected chi connectivity index (χ2v) is 8.65. The molecule has 0 aliphatic carbocycles. The molecule has 3 aromatic rings. The van der Waals surface area contributed by atoms with Crippen LogP contribution in [0, 0.1) is 62.3 Å². The van der Waals surface area contributed by atoms with E-state index in [2.05, 4.69) is 73.9 Å². The van der Waals surface area contributed by atoms with Crippen LogP contribution in [-0.2, 0) is 7.05 Å². The van der Waals surface area contributed by atoms with Crippen LogP contribution in [0.15, 0.2) is 0 Å². The predicted molar refractivity (Wildman–Crippen MR) is 111 cm³/mol. The lowest BCUT2D eigenvalue weighted by molar-refractivity contribution is -0.667. The molecule has 0 radical (unpaired) electrons. The average molecular weight is 353 g/mol. The molecule has 2 heteroatoms. The quantitative estimate of drug-likeness (QED) is 0.461. The van der Waals surface area contributed by atoms with E-state index in [1.165, 1.54) is 70.9 Å². The molecular formula is C23H30NS+. The molecule has 1 aromatic carbocycles. The highest BCUT2D eigenvalue weighted by Gasteiger charge is 2.26. The number of thiophene rings is 1. The lowest BCUT2D eigenvalue weighted by atomic mass is 9.93. The van der Waals surface area contributed by atoms with E-state index in [1.807, 2.05) is 11.3 Å². The van der Waals surface area contributed by atoms with Gasteiger partial charge in [-0.3, -0.25) is 0 Å². The molecule has 0 amide bonds. The molecule has 0 aliphatic heterocycles. The molecule has 0 atom stereocenters. The number of hydrogen-bond donors (Lipinski definition) is 0. The lowest BCUT2D eigenvalue weighted by Crippen LogP contribution is -2.37. The fraction of sp³-hybridized carbons (Fsp3) is 0.435. The van der Waals surface area contributed by atoms with Gasteiger partial charge in [-0.15, -0.1) is 11.3 Å². The van der Waals surface area contributed by atoms with Crippen LogP contribution in [0.3, 0.4) is 0 Å². The normalized spacial score (nSPS) is 11.6. The van der Waals surface area contributed by atoms with E-state index < -0.39 is 0 Å². The first-order valence-corrected chi connectivity index (χ1v) is 9.87. The Hall–Kier alpha value is -1.67. The van der Waals surface area contributed by atoms with E-state index in [0.29, 0.717) is 0 Å². The second kappa shape index (κ2) is 5.95. The molecule has 2 aromatic heterocycles. The summed E-state index contributed by atoms with van der Waals surface area (Å²) < 4.78 is 3.85. The van der Waals surface area contributed by atoms with Gasteiger partial charge in [0.15, 0.2) is 5.69 Å². The third kappa shape index (κ3) is 2.38. The summed E-state index contributed by atoms with van der Waals surface area (Å²) in [4.78, 5) is 1.43. The monoisotopic (exact) mass is 352 g/mol.